The topological polar surface area (TPSA) is 42.0 Å². The summed E-state index contributed by atoms with van der Waals surface area (Å²) in [6.45, 7) is 3.92. The second-order valence-electron chi connectivity index (χ2n) is 4.18. The lowest BCUT2D eigenvalue weighted by molar-refractivity contribution is 0.102. The number of carbonyl (C=O) groups is 1. The zero-order chi connectivity index (χ0) is 13.1. The predicted molar refractivity (Wildman–Crippen MR) is 73.1 cm³/mol. The number of hydrogen-bond donors (Lipinski definition) is 1. The van der Waals surface area contributed by atoms with Crippen molar-refractivity contribution in [2.24, 2.45) is 0 Å². The van der Waals surface area contributed by atoms with Crippen LogP contribution in [0, 0.1) is 13.8 Å². The van der Waals surface area contributed by atoms with Gasteiger partial charge in [0.2, 0.25) is 0 Å². The molecule has 0 aliphatic heterocycles. The number of anilines is 1. The van der Waals surface area contributed by atoms with Crippen LogP contribution in [0.25, 0.3) is 0 Å². The van der Waals surface area contributed by atoms with E-state index in [1.54, 1.807) is 18.2 Å². The SMILES string of the molecule is Cc1cc(C)cc(C(=O)Nc2cccc(Cl)n2)c1. The molecule has 0 unspecified atom stereocenters. The van der Waals surface area contributed by atoms with Gasteiger partial charge in [-0.1, -0.05) is 34.9 Å². The lowest BCUT2D eigenvalue weighted by Gasteiger charge is -2.06. The van der Waals surface area contributed by atoms with E-state index in [-0.39, 0.29) is 5.91 Å². The van der Waals surface area contributed by atoms with Crippen molar-refractivity contribution in [3.05, 3.63) is 58.2 Å². The van der Waals surface area contributed by atoms with Crippen molar-refractivity contribution in [3.8, 4) is 0 Å². The summed E-state index contributed by atoms with van der Waals surface area (Å²) in [7, 11) is 0. The number of benzene rings is 1. The average Bonchev–Trinajstić information content (AvgIpc) is 2.27. The number of pyridine rings is 1. The third-order valence-electron chi connectivity index (χ3n) is 2.44. The molecule has 4 heteroatoms. The van der Waals surface area contributed by atoms with Crippen LogP contribution in [-0.2, 0) is 0 Å². The third kappa shape index (κ3) is 3.08. The zero-order valence-electron chi connectivity index (χ0n) is 10.2. The second kappa shape index (κ2) is 5.19. The molecule has 1 amide bonds. The van der Waals surface area contributed by atoms with E-state index in [1.807, 2.05) is 32.0 Å². The maximum Gasteiger partial charge on any atom is 0.256 e. The Labute approximate surface area is 111 Å². The van der Waals surface area contributed by atoms with Crippen LogP contribution in [0.2, 0.25) is 5.15 Å². The molecule has 1 aromatic heterocycles. The largest absolute Gasteiger partial charge is 0.307 e. The number of carbonyl (C=O) groups excluding carboxylic acids is 1. The first kappa shape index (κ1) is 12.6. The summed E-state index contributed by atoms with van der Waals surface area (Å²) in [5.74, 6) is 0.267. The molecule has 1 N–H and O–H groups in total. The molecular weight excluding hydrogens is 248 g/mol. The van der Waals surface area contributed by atoms with E-state index < -0.39 is 0 Å². The highest BCUT2D eigenvalue weighted by Gasteiger charge is 2.08. The summed E-state index contributed by atoms with van der Waals surface area (Å²) in [5, 5.41) is 3.07. The first-order valence-corrected chi connectivity index (χ1v) is 5.94. The predicted octanol–water partition coefficient (Wildman–Crippen LogP) is 3.60. The molecule has 1 heterocycles. The summed E-state index contributed by atoms with van der Waals surface area (Å²) in [4.78, 5) is 16.1. The number of amides is 1. The van der Waals surface area contributed by atoms with E-state index in [4.69, 9.17) is 11.6 Å². The molecular formula is C14H13ClN2O. The molecule has 0 spiro atoms. The minimum atomic E-state index is -0.184. The Bertz CT molecular complexity index is 576. The highest BCUT2D eigenvalue weighted by molar-refractivity contribution is 6.29. The van der Waals surface area contributed by atoms with Crippen LogP contribution in [0.1, 0.15) is 21.5 Å². The van der Waals surface area contributed by atoms with Crippen LogP contribution >= 0.6 is 11.6 Å². The molecule has 2 rings (SSSR count). The van der Waals surface area contributed by atoms with E-state index in [0.717, 1.165) is 11.1 Å². The van der Waals surface area contributed by atoms with Crippen LogP contribution in [0.3, 0.4) is 0 Å². The minimum Gasteiger partial charge on any atom is -0.307 e. The summed E-state index contributed by atoms with van der Waals surface area (Å²) >= 11 is 5.76. The van der Waals surface area contributed by atoms with Crippen LogP contribution < -0.4 is 5.32 Å². The third-order valence-corrected chi connectivity index (χ3v) is 2.65. The van der Waals surface area contributed by atoms with Crippen molar-refractivity contribution >= 4 is 23.3 Å². The van der Waals surface area contributed by atoms with Crippen molar-refractivity contribution in [1.82, 2.24) is 4.98 Å². The van der Waals surface area contributed by atoms with Crippen LogP contribution in [0.4, 0.5) is 5.82 Å². The molecule has 18 heavy (non-hydrogen) atoms. The molecule has 0 saturated carbocycles. The summed E-state index contributed by atoms with van der Waals surface area (Å²) in [6, 6.07) is 10.8. The summed E-state index contributed by atoms with van der Waals surface area (Å²) in [6.07, 6.45) is 0. The Morgan fingerprint density at radius 3 is 2.44 bits per heavy atom. The summed E-state index contributed by atoms with van der Waals surface area (Å²) < 4.78 is 0. The lowest BCUT2D eigenvalue weighted by atomic mass is 10.1. The minimum absolute atomic E-state index is 0.184. The molecule has 0 radical (unpaired) electrons. The maximum absolute atomic E-state index is 12.0. The van der Waals surface area contributed by atoms with Crippen LogP contribution in [0.15, 0.2) is 36.4 Å². The Morgan fingerprint density at radius 1 is 1.17 bits per heavy atom. The molecule has 0 aliphatic carbocycles. The van der Waals surface area contributed by atoms with Gasteiger partial charge in [0.05, 0.1) is 0 Å². The fraction of sp³-hybridized carbons (Fsp3) is 0.143. The zero-order valence-corrected chi connectivity index (χ0v) is 11.0. The smallest absolute Gasteiger partial charge is 0.256 e. The number of aryl methyl sites for hydroxylation is 2. The van der Waals surface area contributed by atoms with Crippen molar-refractivity contribution in [2.75, 3.05) is 5.32 Å². The Morgan fingerprint density at radius 2 is 1.83 bits per heavy atom. The molecule has 0 aliphatic rings. The average molecular weight is 261 g/mol. The van der Waals surface area contributed by atoms with Gasteiger partial charge in [0.25, 0.3) is 5.91 Å². The van der Waals surface area contributed by atoms with Gasteiger partial charge in [-0.25, -0.2) is 4.98 Å². The molecule has 1 aromatic carbocycles. The normalized spacial score (nSPS) is 10.2. The van der Waals surface area contributed by atoms with Gasteiger partial charge in [0, 0.05) is 5.56 Å². The van der Waals surface area contributed by atoms with Gasteiger partial charge in [0.15, 0.2) is 0 Å². The van der Waals surface area contributed by atoms with Gasteiger partial charge in [-0.05, 0) is 38.1 Å². The monoisotopic (exact) mass is 260 g/mol. The molecule has 92 valence electrons. The number of nitrogens with zero attached hydrogens (tertiary/aromatic N) is 1. The van der Waals surface area contributed by atoms with E-state index in [1.165, 1.54) is 0 Å². The number of aromatic nitrogens is 1. The van der Waals surface area contributed by atoms with Crippen LogP contribution in [0.5, 0.6) is 0 Å². The molecule has 0 atom stereocenters. The Hall–Kier alpha value is -1.87. The Kier molecular flexibility index (Phi) is 3.63. The molecule has 3 nitrogen and oxygen atoms in total. The number of hydrogen-bond acceptors (Lipinski definition) is 2. The van der Waals surface area contributed by atoms with E-state index in [9.17, 15) is 4.79 Å². The van der Waals surface area contributed by atoms with Gasteiger partial charge in [-0.2, -0.15) is 0 Å². The molecule has 0 saturated heterocycles. The first-order chi connectivity index (χ1) is 8.54. The maximum atomic E-state index is 12.0. The van der Waals surface area contributed by atoms with Gasteiger partial charge in [0.1, 0.15) is 11.0 Å². The van der Waals surface area contributed by atoms with E-state index in [0.29, 0.717) is 16.5 Å². The van der Waals surface area contributed by atoms with Gasteiger partial charge >= 0.3 is 0 Å². The van der Waals surface area contributed by atoms with Crippen molar-refractivity contribution in [3.63, 3.8) is 0 Å². The number of halogens is 1. The quantitative estimate of drug-likeness (QED) is 0.839. The number of nitrogens with one attached hydrogen (secondary N) is 1. The second-order valence-corrected chi connectivity index (χ2v) is 4.56. The van der Waals surface area contributed by atoms with Gasteiger partial charge < -0.3 is 5.32 Å². The fourth-order valence-corrected chi connectivity index (χ4v) is 1.94. The Balaban J connectivity index is 2.22. The highest BCUT2D eigenvalue weighted by atomic mass is 35.5. The summed E-state index contributed by atoms with van der Waals surface area (Å²) in [5.41, 5.74) is 2.73. The van der Waals surface area contributed by atoms with E-state index >= 15 is 0 Å². The van der Waals surface area contributed by atoms with Crippen molar-refractivity contribution < 1.29 is 4.79 Å². The highest BCUT2D eigenvalue weighted by Crippen LogP contribution is 2.13. The van der Waals surface area contributed by atoms with E-state index in [2.05, 4.69) is 10.3 Å². The van der Waals surface area contributed by atoms with Crippen molar-refractivity contribution in [2.45, 2.75) is 13.8 Å². The standard InChI is InChI=1S/C14H13ClN2O/c1-9-6-10(2)8-11(7-9)14(18)17-13-5-3-4-12(15)16-13/h3-8H,1-2H3,(H,16,17,18). The molecule has 0 bridgehead atoms. The molecule has 0 fully saturated rings. The fourth-order valence-electron chi connectivity index (χ4n) is 1.77. The first-order valence-electron chi connectivity index (χ1n) is 5.57. The number of rotatable bonds is 2. The van der Waals surface area contributed by atoms with Crippen LogP contribution in [-0.4, -0.2) is 10.9 Å². The van der Waals surface area contributed by atoms with Gasteiger partial charge in [-0.3, -0.25) is 4.79 Å². The van der Waals surface area contributed by atoms with Gasteiger partial charge in [-0.15, -0.1) is 0 Å². The van der Waals surface area contributed by atoms with Crippen molar-refractivity contribution in [1.29, 1.82) is 0 Å². The molecule has 2 aromatic rings. The lowest BCUT2D eigenvalue weighted by Crippen LogP contribution is -2.13.